The number of ketones is 2. The molecule has 2 nitrogen and oxygen atoms in total. The molecule has 0 saturated carbocycles. The lowest BCUT2D eigenvalue weighted by Gasteiger charge is -2.12. The smallest absolute Gasteiger partial charge is 0.173 e. The Bertz CT molecular complexity index is 490. The van der Waals surface area contributed by atoms with Gasteiger partial charge in [-0.1, -0.05) is 56.9 Å². The van der Waals surface area contributed by atoms with Crippen molar-refractivity contribution in [2.75, 3.05) is 0 Å². The van der Waals surface area contributed by atoms with Gasteiger partial charge in [0, 0.05) is 12.0 Å². The van der Waals surface area contributed by atoms with Crippen LogP contribution in [0.15, 0.2) is 24.3 Å². The van der Waals surface area contributed by atoms with E-state index in [0.717, 1.165) is 43.2 Å². The van der Waals surface area contributed by atoms with Gasteiger partial charge in [0.25, 0.3) is 0 Å². The van der Waals surface area contributed by atoms with E-state index in [9.17, 15) is 9.59 Å². The summed E-state index contributed by atoms with van der Waals surface area (Å²) in [5.41, 5.74) is 1.89. The van der Waals surface area contributed by atoms with Crippen LogP contribution in [-0.2, 0) is 11.2 Å². The van der Waals surface area contributed by atoms with Gasteiger partial charge in [-0.15, -0.1) is 0 Å². The maximum atomic E-state index is 12.6. The standard InChI is InChI=1S/C19H26O2/c1-2-3-4-5-6-14-18(20)17-13-9-11-15-10-7-8-12-16(15)19(17)21/h7-8,10,12,17H,2-6,9,11,13-14H2,1H3. The van der Waals surface area contributed by atoms with Crippen LogP contribution in [0.2, 0.25) is 0 Å². The van der Waals surface area contributed by atoms with Crippen LogP contribution < -0.4 is 0 Å². The molecule has 0 N–H and O–H groups in total. The molecule has 2 rings (SSSR count). The number of Topliss-reactive ketones (excluding diaryl/α,β-unsaturated/α-hetero) is 2. The minimum atomic E-state index is -0.389. The van der Waals surface area contributed by atoms with Gasteiger partial charge in [0.1, 0.15) is 5.78 Å². The van der Waals surface area contributed by atoms with E-state index >= 15 is 0 Å². The van der Waals surface area contributed by atoms with Crippen molar-refractivity contribution >= 4 is 11.6 Å². The van der Waals surface area contributed by atoms with Crippen LogP contribution in [0.25, 0.3) is 0 Å². The molecule has 1 unspecified atom stereocenters. The Hall–Kier alpha value is -1.44. The molecule has 1 aromatic carbocycles. The summed E-state index contributed by atoms with van der Waals surface area (Å²) >= 11 is 0. The second-order valence-corrected chi connectivity index (χ2v) is 6.10. The SMILES string of the molecule is CCCCCCCC(=O)C1CCCc2ccccc2C1=O. The first-order chi connectivity index (χ1) is 10.2. The fraction of sp³-hybridized carbons (Fsp3) is 0.579. The van der Waals surface area contributed by atoms with E-state index in [1.807, 2.05) is 24.3 Å². The van der Waals surface area contributed by atoms with E-state index in [4.69, 9.17) is 0 Å². The molecule has 114 valence electrons. The molecule has 1 aliphatic carbocycles. The van der Waals surface area contributed by atoms with E-state index in [0.29, 0.717) is 6.42 Å². The number of rotatable bonds is 7. The summed E-state index contributed by atoms with van der Waals surface area (Å²) in [4.78, 5) is 25.0. The predicted octanol–water partition coefficient (Wildman–Crippen LogP) is 4.75. The molecular formula is C19H26O2. The average molecular weight is 286 g/mol. The molecule has 2 heteroatoms. The molecule has 0 bridgehead atoms. The second-order valence-electron chi connectivity index (χ2n) is 6.10. The minimum Gasteiger partial charge on any atom is -0.299 e. The third-order valence-corrected chi connectivity index (χ3v) is 4.45. The lowest BCUT2D eigenvalue weighted by Crippen LogP contribution is -2.23. The minimum absolute atomic E-state index is 0.0571. The Balaban J connectivity index is 1.94. The highest BCUT2D eigenvalue weighted by Gasteiger charge is 2.30. The van der Waals surface area contributed by atoms with E-state index in [2.05, 4.69) is 6.92 Å². The Kier molecular flexibility index (Phi) is 6.16. The van der Waals surface area contributed by atoms with E-state index in [1.54, 1.807) is 0 Å². The van der Waals surface area contributed by atoms with Crippen LogP contribution >= 0.6 is 0 Å². The van der Waals surface area contributed by atoms with Crippen molar-refractivity contribution in [3.63, 3.8) is 0 Å². The number of hydrogen-bond donors (Lipinski definition) is 0. The van der Waals surface area contributed by atoms with Crippen molar-refractivity contribution in [1.82, 2.24) is 0 Å². The van der Waals surface area contributed by atoms with Gasteiger partial charge in [0.05, 0.1) is 5.92 Å². The van der Waals surface area contributed by atoms with E-state index in [1.165, 1.54) is 19.3 Å². The van der Waals surface area contributed by atoms with Gasteiger partial charge in [0.2, 0.25) is 0 Å². The zero-order valence-corrected chi connectivity index (χ0v) is 13.1. The molecule has 1 aromatic rings. The first-order valence-electron chi connectivity index (χ1n) is 8.39. The molecule has 0 saturated heterocycles. The van der Waals surface area contributed by atoms with Crippen molar-refractivity contribution in [3.8, 4) is 0 Å². The van der Waals surface area contributed by atoms with Crippen LogP contribution in [0.1, 0.15) is 74.2 Å². The Morgan fingerprint density at radius 1 is 1.14 bits per heavy atom. The van der Waals surface area contributed by atoms with Gasteiger partial charge >= 0.3 is 0 Å². The number of benzene rings is 1. The monoisotopic (exact) mass is 286 g/mol. The molecule has 1 aliphatic rings. The number of aryl methyl sites for hydroxylation is 1. The molecule has 0 amide bonds. The highest BCUT2D eigenvalue weighted by molar-refractivity contribution is 6.11. The molecule has 0 spiro atoms. The summed E-state index contributed by atoms with van der Waals surface area (Å²) in [7, 11) is 0. The summed E-state index contributed by atoms with van der Waals surface area (Å²) in [5, 5.41) is 0. The summed E-state index contributed by atoms with van der Waals surface area (Å²) in [6.07, 6.45) is 8.85. The zero-order valence-electron chi connectivity index (χ0n) is 13.1. The zero-order chi connectivity index (χ0) is 15.1. The van der Waals surface area contributed by atoms with Crippen molar-refractivity contribution < 1.29 is 9.59 Å². The number of fused-ring (bicyclic) bond motifs is 1. The van der Waals surface area contributed by atoms with Gasteiger partial charge < -0.3 is 0 Å². The lowest BCUT2D eigenvalue weighted by atomic mass is 9.89. The number of carbonyl (C=O) groups excluding carboxylic acids is 2. The molecular weight excluding hydrogens is 260 g/mol. The number of carbonyl (C=O) groups is 2. The normalized spacial score (nSPS) is 18.1. The fourth-order valence-electron chi connectivity index (χ4n) is 3.18. The van der Waals surface area contributed by atoms with Crippen LogP contribution in [0.5, 0.6) is 0 Å². The van der Waals surface area contributed by atoms with Crippen LogP contribution in [0.4, 0.5) is 0 Å². The van der Waals surface area contributed by atoms with E-state index < -0.39 is 0 Å². The van der Waals surface area contributed by atoms with Crippen molar-refractivity contribution in [3.05, 3.63) is 35.4 Å². The quantitative estimate of drug-likeness (QED) is 0.412. The Morgan fingerprint density at radius 2 is 1.90 bits per heavy atom. The largest absolute Gasteiger partial charge is 0.299 e. The van der Waals surface area contributed by atoms with Gasteiger partial charge in [0.15, 0.2) is 5.78 Å². The molecule has 0 radical (unpaired) electrons. The predicted molar refractivity (Wildman–Crippen MR) is 85.6 cm³/mol. The van der Waals surface area contributed by atoms with Gasteiger partial charge in [-0.25, -0.2) is 0 Å². The molecule has 1 atom stereocenters. The Labute approximate surface area is 127 Å². The summed E-state index contributed by atoms with van der Waals surface area (Å²) < 4.78 is 0. The molecule has 0 aromatic heterocycles. The molecule has 0 heterocycles. The van der Waals surface area contributed by atoms with Crippen molar-refractivity contribution in [1.29, 1.82) is 0 Å². The van der Waals surface area contributed by atoms with Gasteiger partial charge in [-0.2, -0.15) is 0 Å². The maximum absolute atomic E-state index is 12.6. The van der Waals surface area contributed by atoms with Crippen LogP contribution in [0, 0.1) is 5.92 Å². The number of hydrogen-bond acceptors (Lipinski definition) is 2. The molecule has 0 fully saturated rings. The summed E-state index contributed by atoms with van der Waals surface area (Å²) in [6, 6.07) is 7.77. The molecule has 0 aliphatic heterocycles. The number of unbranched alkanes of at least 4 members (excludes halogenated alkanes) is 4. The fourth-order valence-corrected chi connectivity index (χ4v) is 3.18. The van der Waals surface area contributed by atoms with Crippen LogP contribution in [-0.4, -0.2) is 11.6 Å². The van der Waals surface area contributed by atoms with Crippen molar-refractivity contribution in [2.24, 2.45) is 5.92 Å². The second kappa shape index (κ2) is 8.11. The third kappa shape index (κ3) is 4.26. The highest BCUT2D eigenvalue weighted by atomic mass is 16.1. The Morgan fingerprint density at radius 3 is 2.71 bits per heavy atom. The lowest BCUT2D eigenvalue weighted by molar-refractivity contribution is -0.121. The third-order valence-electron chi connectivity index (χ3n) is 4.45. The van der Waals surface area contributed by atoms with Gasteiger partial charge in [-0.3, -0.25) is 9.59 Å². The molecule has 21 heavy (non-hydrogen) atoms. The van der Waals surface area contributed by atoms with Gasteiger partial charge in [-0.05, 0) is 31.2 Å². The first-order valence-corrected chi connectivity index (χ1v) is 8.39. The maximum Gasteiger partial charge on any atom is 0.173 e. The van der Waals surface area contributed by atoms with Crippen molar-refractivity contribution in [2.45, 2.75) is 64.7 Å². The van der Waals surface area contributed by atoms with E-state index in [-0.39, 0.29) is 17.5 Å². The summed E-state index contributed by atoms with van der Waals surface area (Å²) in [6.45, 7) is 2.19. The first kappa shape index (κ1) is 15.9. The van der Waals surface area contributed by atoms with Crippen LogP contribution in [0.3, 0.4) is 0 Å². The topological polar surface area (TPSA) is 34.1 Å². The average Bonchev–Trinajstić information content (AvgIpc) is 2.67. The summed E-state index contributed by atoms with van der Waals surface area (Å²) in [5.74, 6) is -0.172. The highest BCUT2D eigenvalue weighted by Crippen LogP contribution is 2.26.